The number of carbonyl (C=O) groups excluding carboxylic acids is 1. The quantitative estimate of drug-likeness (QED) is 0.887. The number of aromatic nitrogens is 3. The van der Waals surface area contributed by atoms with Crippen LogP contribution in [0.15, 0.2) is 24.5 Å². The van der Waals surface area contributed by atoms with E-state index in [1.165, 1.54) is 0 Å². The van der Waals surface area contributed by atoms with Gasteiger partial charge < -0.3 is 9.80 Å². The van der Waals surface area contributed by atoms with Crippen LogP contribution in [0.1, 0.15) is 21.6 Å². The molecule has 0 spiro atoms. The van der Waals surface area contributed by atoms with E-state index >= 15 is 0 Å². The van der Waals surface area contributed by atoms with Gasteiger partial charge in [0, 0.05) is 51.1 Å². The summed E-state index contributed by atoms with van der Waals surface area (Å²) < 4.78 is 0. The first-order valence-electron chi connectivity index (χ1n) is 6.59. The van der Waals surface area contributed by atoms with Crippen molar-refractivity contribution in [1.29, 1.82) is 0 Å². The summed E-state index contributed by atoms with van der Waals surface area (Å²) >= 11 is 0. The summed E-state index contributed by atoms with van der Waals surface area (Å²) in [4.78, 5) is 20.5. The lowest BCUT2D eigenvalue weighted by Gasteiger charge is -2.26. The van der Waals surface area contributed by atoms with E-state index < -0.39 is 0 Å². The summed E-state index contributed by atoms with van der Waals surface area (Å²) in [6.45, 7) is 1.32. The van der Waals surface area contributed by atoms with Gasteiger partial charge in [-0.15, -0.1) is 0 Å². The number of anilines is 1. The van der Waals surface area contributed by atoms with Crippen molar-refractivity contribution < 1.29 is 4.79 Å². The zero-order valence-electron chi connectivity index (χ0n) is 11.6. The number of hydrogen-bond acceptors (Lipinski definition) is 4. The molecule has 0 saturated carbocycles. The summed E-state index contributed by atoms with van der Waals surface area (Å²) in [5.74, 6) is 0.868. The first-order valence-corrected chi connectivity index (χ1v) is 6.59. The molecule has 2 aromatic rings. The molecule has 2 aromatic heterocycles. The number of carbonyl (C=O) groups is 1. The van der Waals surface area contributed by atoms with E-state index in [0.29, 0.717) is 18.7 Å². The molecule has 0 atom stereocenters. The maximum Gasteiger partial charge on any atom is 0.255 e. The van der Waals surface area contributed by atoms with Crippen molar-refractivity contribution in [3.63, 3.8) is 0 Å². The standard InChI is InChI=1S/C14H17N5O/c1-18(2)13-4-3-10(7-15-13)14(20)19-6-5-12-11(9-19)8-16-17-12/h3-4,7-8H,5-6,9H2,1-2H3,(H,16,17). The van der Waals surface area contributed by atoms with Crippen molar-refractivity contribution >= 4 is 11.7 Å². The first-order chi connectivity index (χ1) is 9.65. The maximum atomic E-state index is 12.5. The Kier molecular flexibility index (Phi) is 3.14. The normalized spacial score (nSPS) is 14.0. The number of amides is 1. The molecule has 1 amide bonds. The largest absolute Gasteiger partial charge is 0.363 e. The van der Waals surface area contributed by atoms with Crippen molar-refractivity contribution in [3.05, 3.63) is 41.3 Å². The lowest BCUT2D eigenvalue weighted by atomic mass is 10.1. The molecule has 3 heterocycles. The fourth-order valence-electron chi connectivity index (χ4n) is 2.36. The van der Waals surface area contributed by atoms with Gasteiger partial charge in [0.15, 0.2) is 0 Å². The smallest absolute Gasteiger partial charge is 0.255 e. The van der Waals surface area contributed by atoms with E-state index in [1.54, 1.807) is 12.4 Å². The number of nitrogens with zero attached hydrogens (tertiary/aromatic N) is 4. The molecule has 3 rings (SSSR count). The molecule has 1 aliphatic heterocycles. The molecular weight excluding hydrogens is 254 g/mol. The summed E-state index contributed by atoms with van der Waals surface area (Å²) in [5.41, 5.74) is 2.86. The topological polar surface area (TPSA) is 65.1 Å². The van der Waals surface area contributed by atoms with Gasteiger partial charge in [-0.05, 0) is 12.1 Å². The highest BCUT2D eigenvalue weighted by Gasteiger charge is 2.23. The molecule has 1 aliphatic rings. The van der Waals surface area contributed by atoms with Crippen LogP contribution in [0.2, 0.25) is 0 Å². The number of aromatic amines is 1. The zero-order valence-corrected chi connectivity index (χ0v) is 11.6. The minimum absolute atomic E-state index is 0.0228. The van der Waals surface area contributed by atoms with E-state index in [0.717, 1.165) is 23.5 Å². The number of rotatable bonds is 2. The van der Waals surface area contributed by atoms with Crippen molar-refractivity contribution in [2.45, 2.75) is 13.0 Å². The van der Waals surface area contributed by atoms with Crippen LogP contribution in [0, 0.1) is 0 Å². The third kappa shape index (κ3) is 2.24. The van der Waals surface area contributed by atoms with Crippen molar-refractivity contribution in [2.24, 2.45) is 0 Å². The Hall–Kier alpha value is -2.37. The Bertz CT molecular complexity index is 617. The second-order valence-electron chi connectivity index (χ2n) is 5.15. The molecule has 0 aromatic carbocycles. The number of pyridine rings is 1. The summed E-state index contributed by atoms with van der Waals surface area (Å²) in [6, 6.07) is 3.69. The average molecular weight is 271 g/mol. The molecule has 20 heavy (non-hydrogen) atoms. The third-order valence-electron chi connectivity index (χ3n) is 3.54. The summed E-state index contributed by atoms with van der Waals surface area (Å²) in [7, 11) is 3.85. The predicted molar refractivity (Wildman–Crippen MR) is 75.6 cm³/mol. The Morgan fingerprint density at radius 3 is 2.90 bits per heavy atom. The highest BCUT2D eigenvalue weighted by Crippen LogP contribution is 2.18. The van der Waals surface area contributed by atoms with Crippen LogP contribution in [0.25, 0.3) is 0 Å². The molecule has 0 radical (unpaired) electrons. The van der Waals surface area contributed by atoms with Crippen molar-refractivity contribution in [2.75, 3.05) is 25.5 Å². The maximum absolute atomic E-state index is 12.5. The third-order valence-corrected chi connectivity index (χ3v) is 3.54. The number of H-pyrrole nitrogens is 1. The van der Waals surface area contributed by atoms with Crippen LogP contribution in [0.3, 0.4) is 0 Å². The second-order valence-corrected chi connectivity index (χ2v) is 5.15. The molecule has 0 unspecified atom stereocenters. The van der Waals surface area contributed by atoms with Crippen LogP contribution < -0.4 is 4.90 Å². The Labute approximate surface area is 117 Å². The van der Waals surface area contributed by atoms with Crippen molar-refractivity contribution in [1.82, 2.24) is 20.1 Å². The van der Waals surface area contributed by atoms with Gasteiger partial charge in [0.05, 0.1) is 11.8 Å². The second kappa shape index (κ2) is 4.96. The van der Waals surface area contributed by atoms with Gasteiger partial charge in [-0.2, -0.15) is 5.10 Å². The van der Waals surface area contributed by atoms with Crippen LogP contribution in [-0.2, 0) is 13.0 Å². The summed E-state index contributed by atoms with van der Waals surface area (Å²) in [5, 5.41) is 6.99. The first kappa shape index (κ1) is 12.7. The van der Waals surface area contributed by atoms with Crippen LogP contribution in [-0.4, -0.2) is 46.6 Å². The van der Waals surface area contributed by atoms with Gasteiger partial charge in [0.2, 0.25) is 0 Å². The minimum Gasteiger partial charge on any atom is -0.363 e. The van der Waals surface area contributed by atoms with E-state index in [9.17, 15) is 4.79 Å². The molecule has 104 valence electrons. The van der Waals surface area contributed by atoms with Gasteiger partial charge in [-0.3, -0.25) is 9.89 Å². The predicted octanol–water partition coefficient (Wildman–Crippen LogP) is 1.07. The van der Waals surface area contributed by atoms with Gasteiger partial charge in [0.25, 0.3) is 5.91 Å². The molecule has 6 nitrogen and oxygen atoms in total. The number of hydrogen-bond donors (Lipinski definition) is 1. The number of nitrogens with one attached hydrogen (secondary N) is 1. The molecule has 6 heteroatoms. The molecule has 0 saturated heterocycles. The molecular formula is C14H17N5O. The SMILES string of the molecule is CN(C)c1ccc(C(=O)N2CCc3[nH]ncc3C2)cn1. The summed E-state index contributed by atoms with van der Waals surface area (Å²) in [6.07, 6.45) is 4.26. The van der Waals surface area contributed by atoms with Crippen LogP contribution in [0.4, 0.5) is 5.82 Å². The van der Waals surface area contributed by atoms with Gasteiger partial charge >= 0.3 is 0 Å². The Morgan fingerprint density at radius 1 is 1.35 bits per heavy atom. The Balaban J connectivity index is 1.76. The van der Waals surface area contributed by atoms with Gasteiger partial charge in [-0.25, -0.2) is 4.98 Å². The minimum atomic E-state index is 0.0228. The average Bonchev–Trinajstić information content (AvgIpc) is 2.94. The van der Waals surface area contributed by atoms with Gasteiger partial charge in [-0.1, -0.05) is 0 Å². The van der Waals surface area contributed by atoms with Crippen LogP contribution >= 0.6 is 0 Å². The van der Waals surface area contributed by atoms with Gasteiger partial charge in [0.1, 0.15) is 5.82 Å². The van der Waals surface area contributed by atoms with E-state index in [-0.39, 0.29) is 5.91 Å². The van der Waals surface area contributed by atoms with E-state index in [1.807, 2.05) is 36.0 Å². The molecule has 0 fully saturated rings. The van der Waals surface area contributed by atoms with E-state index in [2.05, 4.69) is 15.2 Å². The highest BCUT2D eigenvalue weighted by atomic mass is 16.2. The molecule has 0 aliphatic carbocycles. The lowest BCUT2D eigenvalue weighted by molar-refractivity contribution is 0.0734. The zero-order chi connectivity index (χ0) is 14.1. The lowest BCUT2D eigenvalue weighted by Crippen LogP contribution is -2.35. The fourth-order valence-corrected chi connectivity index (χ4v) is 2.36. The molecule has 0 bridgehead atoms. The molecule has 1 N–H and O–H groups in total. The van der Waals surface area contributed by atoms with E-state index in [4.69, 9.17) is 0 Å². The number of fused-ring (bicyclic) bond motifs is 1. The Morgan fingerprint density at radius 2 is 2.20 bits per heavy atom. The van der Waals surface area contributed by atoms with Crippen molar-refractivity contribution in [3.8, 4) is 0 Å². The monoisotopic (exact) mass is 271 g/mol. The fraction of sp³-hybridized carbons (Fsp3) is 0.357. The van der Waals surface area contributed by atoms with Crippen LogP contribution in [0.5, 0.6) is 0 Å². The highest BCUT2D eigenvalue weighted by molar-refractivity contribution is 5.94.